The van der Waals surface area contributed by atoms with Crippen LogP contribution in [0, 0.1) is 0 Å². The molecule has 0 unspecified atom stereocenters. The van der Waals surface area contributed by atoms with E-state index in [4.69, 9.17) is 0 Å². The lowest BCUT2D eigenvalue weighted by atomic mass is 10.2. The highest BCUT2D eigenvalue weighted by Gasteiger charge is 2.08. The van der Waals surface area contributed by atoms with Crippen LogP contribution in [0.15, 0.2) is 36.0 Å². The van der Waals surface area contributed by atoms with Crippen molar-refractivity contribution in [1.29, 1.82) is 0 Å². The highest BCUT2D eigenvalue weighted by Crippen LogP contribution is 2.06. The van der Waals surface area contributed by atoms with Gasteiger partial charge in [0.15, 0.2) is 0 Å². The maximum Gasteiger partial charge on any atom is 0.0166 e. The Morgan fingerprint density at radius 1 is 1.29 bits per heavy atom. The largest absolute Gasteiger partial charge is 0.300 e. The molecule has 0 amide bonds. The van der Waals surface area contributed by atoms with Gasteiger partial charge in [-0.25, -0.2) is 0 Å². The maximum atomic E-state index is 2.50. The Kier molecular flexibility index (Phi) is 5.31. The molecular formula is C13H21N. The van der Waals surface area contributed by atoms with Crippen molar-refractivity contribution in [3.05, 3.63) is 36.0 Å². The summed E-state index contributed by atoms with van der Waals surface area (Å²) in [5.41, 5.74) is 1.32. The molecule has 1 heteroatoms. The fraction of sp³-hybridized carbons (Fsp3) is 0.538. The van der Waals surface area contributed by atoms with Gasteiger partial charge in [0.25, 0.3) is 0 Å². The zero-order chi connectivity index (χ0) is 10.2. The zero-order valence-electron chi connectivity index (χ0n) is 9.37. The van der Waals surface area contributed by atoms with E-state index < -0.39 is 0 Å². The molecule has 0 aromatic rings. The van der Waals surface area contributed by atoms with Gasteiger partial charge in [-0.1, -0.05) is 36.0 Å². The second kappa shape index (κ2) is 6.61. The average molecular weight is 191 g/mol. The summed E-state index contributed by atoms with van der Waals surface area (Å²) >= 11 is 0. The Morgan fingerprint density at radius 2 is 2.00 bits per heavy atom. The summed E-state index contributed by atoms with van der Waals surface area (Å²) in [6.07, 6.45) is 13.5. The van der Waals surface area contributed by atoms with Crippen LogP contribution in [-0.4, -0.2) is 24.5 Å². The van der Waals surface area contributed by atoms with Crippen molar-refractivity contribution in [3.63, 3.8) is 0 Å². The molecule has 1 saturated heterocycles. The third kappa shape index (κ3) is 4.43. The molecule has 0 N–H and O–H groups in total. The van der Waals surface area contributed by atoms with Gasteiger partial charge in [0.1, 0.15) is 0 Å². The lowest BCUT2D eigenvalue weighted by molar-refractivity contribution is 0.377. The molecule has 0 radical (unpaired) electrons. The van der Waals surface area contributed by atoms with Crippen molar-refractivity contribution in [3.8, 4) is 0 Å². The SMILES string of the molecule is C\C=C/C=C(C)\C=C\CN1CCCC1. The summed E-state index contributed by atoms with van der Waals surface area (Å²) < 4.78 is 0. The molecule has 0 spiro atoms. The smallest absolute Gasteiger partial charge is 0.0166 e. The van der Waals surface area contributed by atoms with Crippen LogP contribution < -0.4 is 0 Å². The second-order valence-electron chi connectivity index (χ2n) is 3.85. The van der Waals surface area contributed by atoms with Gasteiger partial charge < -0.3 is 0 Å². The van der Waals surface area contributed by atoms with Crippen LogP contribution >= 0.6 is 0 Å². The van der Waals surface area contributed by atoms with Gasteiger partial charge in [0, 0.05) is 6.54 Å². The van der Waals surface area contributed by atoms with Gasteiger partial charge >= 0.3 is 0 Å². The van der Waals surface area contributed by atoms with Gasteiger partial charge in [0.2, 0.25) is 0 Å². The molecule has 1 aliphatic heterocycles. The van der Waals surface area contributed by atoms with E-state index in [2.05, 4.69) is 42.2 Å². The van der Waals surface area contributed by atoms with Crippen LogP contribution in [0.4, 0.5) is 0 Å². The van der Waals surface area contributed by atoms with E-state index in [1.54, 1.807) is 0 Å². The van der Waals surface area contributed by atoms with E-state index in [-0.39, 0.29) is 0 Å². The summed E-state index contributed by atoms with van der Waals surface area (Å²) in [5, 5.41) is 0. The summed E-state index contributed by atoms with van der Waals surface area (Å²) in [6, 6.07) is 0. The predicted octanol–water partition coefficient (Wildman–Crippen LogP) is 3.16. The lowest BCUT2D eigenvalue weighted by Crippen LogP contribution is -2.18. The third-order valence-corrected chi connectivity index (χ3v) is 2.49. The van der Waals surface area contributed by atoms with Gasteiger partial charge in [0.05, 0.1) is 0 Å². The molecule has 1 rings (SSSR count). The minimum Gasteiger partial charge on any atom is -0.300 e. The van der Waals surface area contributed by atoms with Crippen molar-refractivity contribution in [2.45, 2.75) is 26.7 Å². The Hall–Kier alpha value is -0.820. The molecular weight excluding hydrogens is 170 g/mol. The fourth-order valence-electron chi connectivity index (χ4n) is 1.66. The molecule has 1 aliphatic rings. The van der Waals surface area contributed by atoms with Gasteiger partial charge in [-0.3, -0.25) is 4.90 Å². The quantitative estimate of drug-likeness (QED) is 0.617. The zero-order valence-corrected chi connectivity index (χ0v) is 9.37. The van der Waals surface area contributed by atoms with E-state index >= 15 is 0 Å². The Morgan fingerprint density at radius 3 is 2.64 bits per heavy atom. The van der Waals surface area contributed by atoms with Crippen molar-refractivity contribution >= 4 is 0 Å². The van der Waals surface area contributed by atoms with Gasteiger partial charge in [-0.2, -0.15) is 0 Å². The topological polar surface area (TPSA) is 3.24 Å². The van der Waals surface area contributed by atoms with Crippen LogP contribution in [0.5, 0.6) is 0 Å². The molecule has 78 valence electrons. The normalized spacial score (nSPS) is 20.3. The average Bonchev–Trinajstić information content (AvgIpc) is 2.67. The summed E-state index contributed by atoms with van der Waals surface area (Å²) in [5.74, 6) is 0. The number of hydrogen-bond donors (Lipinski definition) is 0. The number of rotatable bonds is 4. The lowest BCUT2D eigenvalue weighted by Gasteiger charge is -2.10. The van der Waals surface area contributed by atoms with Crippen LogP contribution in [0.1, 0.15) is 26.7 Å². The van der Waals surface area contributed by atoms with Crippen LogP contribution in [0.25, 0.3) is 0 Å². The Bertz CT molecular complexity index is 230. The van der Waals surface area contributed by atoms with Crippen molar-refractivity contribution in [2.75, 3.05) is 19.6 Å². The van der Waals surface area contributed by atoms with Crippen LogP contribution in [0.3, 0.4) is 0 Å². The molecule has 0 saturated carbocycles. The van der Waals surface area contributed by atoms with E-state index in [1.807, 2.05) is 6.92 Å². The first-order valence-corrected chi connectivity index (χ1v) is 5.51. The molecule has 1 fully saturated rings. The van der Waals surface area contributed by atoms with Crippen molar-refractivity contribution < 1.29 is 0 Å². The molecule has 0 aliphatic carbocycles. The number of likely N-dealkylation sites (tertiary alicyclic amines) is 1. The van der Waals surface area contributed by atoms with Crippen LogP contribution in [0.2, 0.25) is 0 Å². The fourth-order valence-corrected chi connectivity index (χ4v) is 1.66. The molecule has 0 bridgehead atoms. The Labute approximate surface area is 87.8 Å². The van der Waals surface area contributed by atoms with Gasteiger partial charge in [-0.15, -0.1) is 0 Å². The molecule has 0 aromatic carbocycles. The summed E-state index contributed by atoms with van der Waals surface area (Å²) in [4.78, 5) is 2.50. The summed E-state index contributed by atoms with van der Waals surface area (Å²) in [7, 11) is 0. The Balaban J connectivity index is 2.24. The predicted molar refractivity (Wildman–Crippen MR) is 63.4 cm³/mol. The summed E-state index contributed by atoms with van der Waals surface area (Å²) in [6.45, 7) is 7.85. The van der Waals surface area contributed by atoms with Crippen molar-refractivity contribution in [1.82, 2.24) is 4.90 Å². The molecule has 0 atom stereocenters. The molecule has 1 nitrogen and oxygen atoms in total. The van der Waals surface area contributed by atoms with E-state index in [0.29, 0.717) is 0 Å². The second-order valence-corrected chi connectivity index (χ2v) is 3.85. The van der Waals surface area contributed by atoms with Crippen LogP contribution in [-0.2, 0) is 0 Å². The standard InChI is InChI=1S/C13H21N/c1-3-4-8-13(2)9-7-12-14-10-5-6-11-14/h3-4,7-9H,5-6,10-12H2,1-2H3/b4-3-,9-7+,13-8-. The minimum absolute atomic E-state index is 1.11. The van der Waals surface area contributed by atoms with E-state index in [1.165, 1.54) is 31.5 Å². The third-order valence-electron chi connectivity index (χ3n) is 2.49. The highest BCUT2D eigenvalue weighted by atomic mass is 15.1. The van der Waals surface area contributed by atoms with E-state index in [0.717, 1.165) is 6.54 Å². The molecule has 0 aromatic heterocycles. The first kappa shape index (κ1) is 11.3. The number of hydrogen-bond acceptors (Lipinski definition) is 1. The number of allylic oxidation sites excluding steroid dienone is 5. The van der Waals surface area contributed by atoms with E-state index in [9.17, 15) is 0 Å². The minimum atomic E-state index is 1.11. The number of nitrogens with zero attached hydrogens (tertiary/aromatic N) is 1. The first-order chi connectivity index (χ1) is 6.83. The highest BCUT2D eigenvalue weighted by molar-refractivity contribution is 5.21. The first-order valence-electron chi connectivity index (χ1n) is 5.51. The monoisotopic (exact) mass is 191 g/mol. The molecule has 14 heavy (non-hydrogen) atoms. The van der Waals surface area contributed by atoms with Crippen molar-refractivity contribution in [2.24, 2.45) is 0 Å². The molecule has 1 heterocycles. The van der Waals surface area contributed by atoms with Gasteiger partial charge in [-0.05, 0) is 39.8 Å². The maximum absolute atomic E-state index is 2.50.